The molecule has 0 spiro atoms. The highest BCUT2D eigenvalue weighted by Crippen LogP contribution is 2.23. The van der Waals surface area contributed by atoms with E-state index in [1.54, 1.807) is 12.1 Å². The Bertz CT molecular complexity index is 882. The number of amides is 1. The second-order valence-corrected chi connectivity index (χ2v) is 6.64. The second-order valence-electron chi connectivity index (χ2n) is 5.47. The lowest BCUT2D eigenvalue weighted by Crippen LogP contribution is -2.12. The number of hydrogen-bond acceptors (Lipinski definition) is 6. The molecule has 3 aromatic rings. The van der Waals surface area contributed by atoms with E-state index in [0.29, 0.717) is 18.3 Å². The molecule has 0 radical (unpaired) electrons. The second kappa shape index (κ2) is 9.18. The normalized spacial score (nSPS) is 10.6. The van der Waals surface area contributed by atoms with Crippen LogP contribution in [0, 0.1) is 5.82 Å². The third-order valence-corrected chi connectivity index (χ3v) is 4.51. The summed E-state index contributed by atoms with van der Waals surface area (Å²) in [4.78, 5) is 12.9. The predicted molar refractivity (Wildman–Crippen MR) is 101 cm³/mol. The molecule has 3 rings (SSSR count). The molecule has 0 aliphatic rings. The summed E-state index contributed by atoms with van der Waals surface area (Å²) < 4.78 is 23.7. The summed E-state index contributed by atoms with van der Waals surface area (Å²) in [6, 6.07) is 13.4. The largest absolute Gasteiger partial charge is 0.494 e. The minimum Gasteiger partial charge on any atom is -0.494 e. The van der Waals surface area contributed by atoms with Crippen molar-refractivity contribution in [1.29, 1.82) is 0 Å². The molecule has 0 saturated heterocycles. The van der Waals surface area contributed by atoms with E-state index in [0.717, 1.165) is 16.2 Å². The number of rotatable bonds is 8. The Morgan fingerprint density at radius 3 is 2.59 bits per heavy atom. The van der Waals surface area contributed by atoms with Gasteiger partial charge in [0.1, 0.15) is 11.6 Å². The molecule has 6 nitrogen and oxygen atoms in total. The van der Waals surface area contributed by atoms with Gasteiger partial charge in [-0.3, -0.25) is 10.1 Å². The molecule has 0 aliphatic heterocycles. The van der Waals surface area contributed by atoms with Gasteiger partial charge < -0.3 is 9.15 Å². The molecule has 0 atom stereocenters. The molecule has 1 aromatic heterocycles. The lowest BCUT2D eigenvalue weighted by atomic mass is 10.2. The Kier molecular flexibility index (Phi) is 6.43. The number of ether oxygens (including phenoxy) is 1. The first kappa shape index (κ1) is 18.9. The lowest BCUT2D eigenvalue weighted by molar-refractivity contribution is -0.115. The maximum Gasteiger partial charge on any atom is 0.322 e. The zero-order valence-corrected chi connectivity index (χ0v) is 15.5. The van der Waals surface area contributed by atoms with Gasteiger partial charge in [-0.15, -0.1) is 16.9 Å². The molecule has 2 aromatic carbocycles. The van der Waals surface area contributed by atoms with Crippen LogP contribution >= 0.6 is 11.8 Å². The first-order chi connectivity index (χ1) is 13.1. The number of carbonyl (C=O) groups excluding carboxylic acids is 1. The molecule has 0 aliphatic carbocycles. The van der Waals surface area contributed by atoms with Crippen LogP contribution in [-0.2, 0) is 4.79 Å². The van der Waals surface area contributed by atoms with Crippen LogP contribution in [0.15, 0.2) is 57.8 Å². The van der Waals surface area contributed by atoms with Crippen LogP contribution in [0.4, 0.5) is 10.4 Å². The van der Waals surface area contributed by atoms with E-state index in [1.165, 1.54) is 23.9 Å². The molecular formula is C19H18FN3O3S. The molecule has 27 heavy (non-hydrogen) atoms. The van der Waals surface area contributed by atoms with Gasteiger partial charge in [-0.25, -0.2) is 4.39 Å². The highest BCUT2D eigenvalue weighted by molar-refractivity contribution is 7.99. The van der Waals surface area contributed by atoms with Crippen molar-refractivity contribution in [3.05, 3.63) is 54.3 Å². The Hall–Kier alpha value is -2.87. The van der Waals surface area contributed by atoms with Crippen LogP contribution in [0.5, 0.6) is 5.75 Å². The van der Waals surface area contributed by atoms with Gasteiger partial charge in [0, 0.05) is 22.6 Å². The van der Waals surface area contributed by atoms with Crippen molar-refractivity contribution in [2.24, 2.45) is 0 Å². The summed E-state index contributed by atoms with van der Waals surface area (Å²) in [5.41, 5.74) is 0.735. The molecule has 1 N–H and O–H groups in total. The number of nitrogens with one attached hydrogen (secondary N) is 1. The number of aromatic nitrogens is 2. The fraction of sp³-hybridized carbons (Fsp3) is 0.211. The Balaban J connectivity index is 1.49. The average Bonchev–Trinajstić information content (AvgIpc) is 3.13. The fourth-order valence-corrected chi connectivity index (χ4v) is 3.08. The van der Waals surface area contributed by atoms with E-state index in [1.807, 2.05) is 31.2 Å². The predicted octanol–water partition coefficient (Wildman–Crippen LogP) is 4.40. The fourth-order valence-electron chi connectivity index (χ4n) is 2.22. The number of benzene rings is 2. The summed E-state index contributed by atoms with van der Waals surface area (Å²) >= 11 is 1.47. The number of thioether (sulfide) groups is 1. The molecule has 0 fully saturated rings. The van der Waals surface area contributed by atoms with Gasteiger partial charge in [-0.05, 0) is 55.5 Å². The van der Waals surface area contributed by atoms with Crippen LogP contribution in [0.1, 0.15) is 13.3 Å². The maximum absolute atomic E-state index is 12.9. The van der Waals surface area contributed by atoms with E-state index < -0.39 is 0 Å². The van der Waals surface area contributed by atoms with Crippen molar-refractivity contribution < 1.29 is 18.3 Å². The molecular weight excluding hydrogens is 369 g/mol. The Morgan fingerprint density at radius 1 is 1.15 bits per heavy atom. The standard InChI is InChI=1S/C19H18FN3O3S/c1-2-25-15-7-3-13(4-8-15)18-22-23-19(26-18)21-17(24)11-12-27-16-9-5-14(20)6-10-16/h3-10H,2,11-12H2,1H3,(H,21,23,24). The van der Waals surface area contributed by atoms with Crippen molar-refractivity contribution in [2.45, 2.75) is 18.2 Å². The number of carbonyl (C=O) groups is 1. The minimum atomic E-state index is -0.281. The number of halogens is 1. The minimum absolute atomic E-state index is 0.0515. The zero-order chi connectivity index (χ0) is 19.1. The molecule has 140 valence electrons. The monoisotopic (exact) mass is 387 g/mol. The van der Waals surface area contributed by atoms with Crippen LogP contribution in [-0.4, -0.2) is 28.5 Å². The van der Waals surface area contributed by atoms with Crippen LogP contribution in [0.25, 0.3) is 11.5 Å². The Labute approximate surface area is 160 Å². The highest BCUT2D eigenvalue weighted by atomic mass is 32.2. The smallest absolute Gasteiger partial charge is 0.322 e. The van der Waals surface area contributed by atoms with Crippen molar-refractivity contribution >= 4 is 23.7 Å². The molecule has 0 saturated carbocycles. The summed E-state index contributed by atoms with van der Waals surface area (Å²) in [7, 11) is 0. The van der Waals surface area contributed by atoms with Crippen molar-refractivity contribution in [1.82, 2.24) is 10.2 Å². The lowest BCUT2D eigenvalue weighted by Gasteiger charge is -2.02. The molecule has 1 amide bonds. The number of hydrogen-bond donors (Lipinski definition) is 1. The SMILES string of the molecule is CCOc1ccc(-c2nnc(NC(=O)CCSc3ccc(F)cc3)o2)cc1. The van der Waals surface area contributed by atoms with E-state index in [9.17, 15) is 9.18 Å². The summed E-state index contributed by atoms with van der Waals surface area (Å²) in [5.74, 6) is 1.11. The molecule has 8 heteroatoms. The van der Waals surface area contributed by atoms with E-state index >= 15 is 0 Å². The zero-order valence-electron chi connectivity index (χ0n) is 14.6. The Morgan fingerprint density at radius 2 is 1.89 bits per heavy atom. The van der Waals surface area contributed by atoms with Gasteiger partial charge >= 0.3 is 6.01 Å². The topological polar surface area (TPSA) is 77.3 Å². The van der Waals surface area contributed by atoms with Crippen molar-refractivity contribution in [3.8, 4) is 17.2 Å². The number of nitrogens with zero attached hydrogens (tertiary/aromatic N) is 2. The quantitative estimate of drug-likeness (QED) is 0.578. The van der Waals surface area contributed by atoms with Crippen LogP contribution in [0.3, 0.4) is 0 Å². The van der Waals surface area contributed by atoms with Gasteiger partial charge in [0.15, 0.2) is 0 Å². The van der Waals surface area contributed by atoms with Gasteiger partial charge in [0.2, 0.25) is 11.8 Å². The maximum atomic E-state index is 12.9. The third kappa shape index (κ3) is 5.55. The first-order valence-electron chi connectivity index (χ1n) is 8.39. The van der Waals surface area contributed by atoms with E-state index in [4.69, 9.17) is 9.15 Å². The average molecular weight is 387 g/mol. The summed E-state index contributed by atoms with van der Waals surface area (Å²) in [6.07, 6.45) is 0.267. The molecule has 1 heterocycles. The van der Waals surface area contributed by atoms with Crippen molar-refractivity contribution in [2.75, 3.05) is 17.7 Å². The molecule has 0 unspecified atom stereocenters. The van der Waals surface area contributed by atoms with Crippen LogP contribution in [0.2, 0.25) is 0 Å². The summed E-state index contributed by atoms with van der Waals surface area (Å²) in [6.45, 7) is 2.51. The van der Waals surface area contributed by atoms with Crippen molar-refractivity contribution in [3.63, 3.8) is 0 Å². The third-order valence-electron chi connectivity index (χ3n) is 3.50. The van der Waals surface area contributed by atoms with Gasteiger partial charge in [0.05, 0.1) is 6.61 Å². The van der Waals surface area contributed by atoms with Gasteiger partial charge in [0.25, 0.3) is 0 Å². The number of anilines is 1. The van der Waals surface area contributed by atoms with Crippen LogP contribution < -0.4 is 10.1 Å². The first-order valence-corrected chi connectivity index (χ1v) is 9.37. The van der Waals surface area contributed by atoms with Gasteiger partial charge in [-0.2, -0.15) is 0 Å². The molecule has 0 bridgehead atoms. The van der Waals surface area contributed by atoms with E-state index in [-0.39, 0.29) is 24.2 Å². The van der Waals surface area contributed by atoms with Gasteiger partial charge in [-0.1, -0.05) is 5.10 Å². The summed E-state index contributed by atoms with van der Waals surface area (Å²) in [5, 5.41) is 10.4. The highest BCUT2D eigenvalue weighted by Gasteiger charge is 2.11. The van der Waals surface area contributed by atoms with E-state index in [2.05, 4.69) is 15.5 Å².